The molecule has 0 aromatic heterocycles. The first-order chi connectivity index (χ1) is 4.63. The van der Waals surface area contributed by atoms with E-state index >= 15 is 0 Å². The lowest BCUT2D eigenvalue weighted by molar-refractivity contribution is 0.189. The van der Waals surface area contributed by atoms with Gasteiger partial charge in [0.05, 0.1) is 0 Å². The van der Waals surface area contributed by atoms with Crippen LogP contribution in [0, 0.1) is 0 Å². The number of phosphoric ester groups is 1. The smallest absolute Gasteiger partial charge is 0.303 e. The predicted molar refractivity (Wildman–Crippen MR) is 49.2 cm³/mol. The topological polar surface area (TPSA) is 66.8 Å². The molecule has 1 atom stereocenters. The summed E-state index contributed by atoms with van der Waals surface area (Å²) < 4.78 is 12.7. The lowest BCUT2D eigenvalue weighted by atomic mass is 10.9. The van der Waals surface area contributed by atoms with Crippen molar-refractivity contribution in [1.29, 1.82) is 0 Å². The minimum Gasteiger partial charge on any atom is -0.303 e. The van der Waals surface area contributed by atoms with Crippen LogP contribution in [-0.2, 0) is 9.09 Å². The SMILES string of the molecule is O=P(O)(O)OC(Br)C(Cl)(Cl)Br. The second kappa shape index (κ2) is 4.24. The van der Waals surface area contributed by atoms with E-state index in [-0.39, 0.29) is 0 Å². The second-order valence-electron chi connectivity index (χ2n) is 1.45. The first kappa shape index (κ1) is 12.7. The Morgan fingerprint density at radius 1 is 1.55 bits per heavy atom. The first-order valence-electron chi connectivity index (χ1n) is 2.07. The fourth-order valence-corrected chi connectivity index (χ4v) is 1.68. The zero-order valence-electron chi connectivity index (χ0n) is 4.75. The average Bonchev–Trinajstić information content (AvgIpc) is 1.56. The van der Waals surface area contributed by atoms with Crippen LogP contribution in [0.1, 0.15) is 0 Å². The molecule has 0 heterocycles. The van der Waals surface area contributed by atoms with E-state index in [9.17, 15) is 4.57 Å². The molecule has 11 heavy (non-hydrogen) atoms. The molecule has 0 rings (SSSR count). The van der Waals surface area contributed by atoms with E-state index < -0.39 is 16.1 Å². The molecule has 0 saturated carbocycles. The number of alkyl halides is 4. The number of rotatable bonds is 3. The molecule has 0 fully saturated rings. The lowest BCUT2D eigenvalue weighted by Crippen LogP contribution is -2.20. The van der Waals surface area contributed by atoms with Crippen molar-refractivity contribution in [1.82, 2.24) is 0 Å². The molecule has 1 unspecified atom stereocenters. The van der Waals surface area contributed by atoms with Crippen molar-refractivity contribution >= 4 is 62.9 Å². The summed E-state index contributed by atoms with van der Waals surface area (Å²) in [5, 5.41) is -1.20. The van der Waals surface area contributed by atoms with Gasteiger partial charge in [-0.1, -0.05) is 39.1 Å². The summed E-state index contributed by atoms with van der Waals surface area (Å²) in [5.41, 5.74) is 0. The highest BCUT2D eigenvalue weighted by Crippen LogP contribution is 2.47. The number of halogens is 4. The molecule has 0 amide bonds. The minimum absolute atomic E-state index is 1.20. The van der Waals surface area contributed by atoms with E-state index in [0.717, 1.165) is 0 Å². The third-order valence-electron chi connectivity index (χ3n) is 0.487. The third-order valence-corrected chi connectivity index (χ3v) is 4.09. The van der Waals surface area contributed by atoms with Gasteiger partial charge in [0.15, 0.2) is 5.01 Å². The average molecular weight is 353 g/mol. The molecule has 0 saturated heterocycles. The summed E-state index contributed by atoms with van der Waals surface area (Å²) in [4.78, 5) is 16.5. The van der Waals surface area contributed by atoms with E-state index in [1.165, 1.54) is 0 Å². The number of hydrogen-bond acceptors (Lipinski definition) is 2. The Hall–Kier alpha value is 1.65. The molecular formula is C2H3Br2Cl2O4P. The summed E-state index contributed by atoms with van der Waals surface area (Å²) >= 11 is 16.1. The zero-order chi connectivity index (χ0) is 9.28. The van der Waals surface area contributed by atoms with Gasteiger partial charge in [0.25, 0.3) is 0 Å². The third kappa shape index (κ3) is 6.78. The molecule has 68 valence electrons. The van der Waals surface area contributed by atoms with E-state index in [1.54, 1.807) is 0 Å². The summed E-state index contributed by atoms with van der Waals surface area (Å²) in [5.74, 6) is 0. The van der Waals surface area contributed by atoms with Crippen LogP contribution in [0.25, 0.3) is 0 Å². The van der Waals surface area contributed by atoms with Crippen molar-refractivity contribution in [2.45, 2.75) is 8.26 Å². The Balaban J connectivity index is 4.10. The van der Waals surface area contributed by atoms with Gasteiger partial charge in [-0.15, -0.1) is 0 Å². The summed E-state index contributed by atoms with van der Waals surface area (Å²) in [7, 11) is -4.56. The lowest BCUT2D eigenvalue weighted by Gasteiger charge is -2.18. The van der Waals surface area contributed by atoms with E-state index in [1.807, 2.05) is 0 Å². The van der Waals surface area contributed by atoms with E-state index in [4.69, 9.17) is 33.0 Å². The minimum atomic E-state index is -4.56. The van der Waals surface area contributed by atoms with Gasteiger partial charge < -0.3 is 9.79 Å². The molecule has 0 aromatic carbocycles. The Morgan fingerprint density at radius 2 is 1.91 bits per heavy atom. The highest BCUT2D eigenvalue weighted by atomic mass is 79.9. The van der Waals surface area contributed by atoms with Gasteiger partial charge >= 0.3 is 7.82 Å². The van der Waals surface area contributed by atoms with E-state index in [2.05, 4.69) is 36.4 Å². The van der Waals surface area contributed by atoms with Gasteiger partial charge in [0.1, 0.15) is 0 Å². The monoisotopic (exact) mass is 350 g/mol. The molecule has 0 spiro atoms. The normalized spacial score (nSPS) is 16.5. The maximum absolute atomic E-state index is 10.2. The van der Waals surface area contributed by atoms with Crippen LogP contribution >= 0.6 is 62.9 Å². The van der Waals surface area contributed by atoms with E-state index in [0.29, 0.717) is 0 Å². The van der Waals surface area contributed by atoms with Crippen LogP contribution in [0.4, 0.5) is 0 Å². The van der Waals surface area contributed by atoms with Gasteiger partial charge in [-0.3, -0.25) is 4.52 Å². The summed E-state index contributed by atoms with van der Waals surface area (Å²) in [6.45, 7) is 0. The van der Waals surface area contributed by atoms with Crippen LogP contribution in [0.15, 0.2) is 0 Å². The van der Waals surface area contributed by atoms with Crippen molar-refractivity contribution in [3.05, 3.63) is 0 Å². The molecule has 9 heteroatoms. The number of phosphoric acid groups is 1. The van der Waals surface area contributed by atoms with Crippen molar-refractivity contribution in [3.8, 4) is 0 Å². The van der Waals surface area contributed by atoms with Gasteiger partial charge in [0.2, 0.25) is 3.24 Å². The standard InChI is InChI=1S/C2H3Br2Cl2O4P/c3-1(2(4,5)6)10-11(7,8)9/h1H,(H2,7,8,9). The maximum atomic E-state index is 10.2. The highest BCUT2D eigenvalue weighted by molar-refractivity contribution is 9.13. The maximum Gasteiger partial charge on any atom is 0.470 e. The Labute approximate surface area is 89.7 Å². The molecule has 0 aliphatic carbocycles. The molecule has 0 aliphatic heterocycles. The van der Waals surface area contributed by atoms with Crippen molar-refractivity contribution < 1.29 is 18.9 Å². The molecule has 0 aliphatic rings. The predicted octanol–water partition coefficient (Wildman–Crippen LogP) is 2.34. The molecule has 2 N–H and O–H groups in total. The van der Waals surface area contributed by atoms with Gasteiger partial charge in [-0.25, -0.2) is 4.57 Å². The summed E-state index contributed by atoms with van der Waals surface area (Å²) in [6, 6.07) is 0. The van der Waals surface area contributed by atoms with Crippen LogP contribution in [0.5, 0.6) is 0 Å². The van der Waals surface area contributed by atoms with Crippen molar-refractivity contribution in [2.24, 2.45) is 0 Å². The largest absolute Gasteiger partial charge is 0.470 e. The molecular weight excluding hydrogens is 350 g/mol. The summed E-state index contributed by atoms with van der Waals surface area (Å²) in [6.07, 6.45) is 0. The van der Waals surface area contributed by atoms with Crippen LogP contribution in [0.3, 0.4) is 0 Å². The fraction of sp³-hybridized carbons (Fsp3) is 1.00. The van der Waals surface area contributed by atoms with Crippen LogP contribution in [0.2, 0.25) is 0 Å². The van der Waals surface area contributed by atoms with Crippen molar-refractivity contribution in [2.75, 3.05) is 0 Å². The molecule has 0 radical (unpaired) electrons. The zero-order valence-corrected chi connectivity index (χ0v) is 10.3. The van der Waals surface area contributed by atoms with Gasteiger partial charge in [-0.05, 0) is 15.9 Å². The first-order valence-corrected chi connectivity index (χ1v) is 6.07. The fourth-order valence-electron chi connectivity index (χ4n) is 0.180. The molecule has 0 bridgehead atoms. The quantitative estimate of drug-likeness (QED) is 0.604. The Kier molecular flexibility index (Phi) is 4.88. The molecule has 0 aromatic rings. The Morgan fingerprint density at radius 3 is 2.00 bits per heavy atom. The van der Waals surface area contributed by atoms with Crippen molar-refractivity contribution in [3.63, 3.8) is 0 Å². The van der Waals surface area contributed by atoms with Gasteiger partial charge in [0, 0.05) is 0 Å². The Bertz CT molecular complexity index is 175. The van der Waals surface area contributed by atoms with Crippen LogP contribution < -0.4 is 0 Å². The number of hydrogen-bond donors (Lipinski definition) is 2. The van der Waals surface area contributed by atoms with Gasteiger partial charge in [-0.2, -0.15) is 0 Å². The highest BCUT2D eigenvalue weighted by Gasteiger charge is 2.35. The van der Waals surface area contributed by atoms with Crippen LogP contribution in [-0.4, -0.2) is 18.0 Å². The second-order valence-corrected chi connectivity index (χ2v) is 7.03. The molecule has 4 nitrogen and oxygen atoms in total.